The maximum atomic E-state index is 15.3. The van der Waals surface area contributed by atoms with Crippen molar-refractivity contribution >= 4 is 23.9 Å². The molecule has 0 radical (unpaired) electrons. The van der Waals surface area contributed by atoms with Gasteiger partial charge in [0.25, 0.3) is 0 Å². The Morgan fingerprint density at radius 2 is 1.75 bits per heavy atom. The first-order valence-corrected chi connectivity index (χ1v) is 21.9. The van der Waals surface area contributed by atoms with Crippen molar-refractivity contribution in [1.29, 1.82) is 0 Å². The molecular weight excluding hydrogens is 782 g/mol. The smallest absolute Gasteiger partial charge is 0.327 e. The number of benzene rings is 1. The van der Waals surface area contributed by atoms with Crippen LogP contribution in [-0.4, -0.2) is 159 Å². The van der Waals surface area contributed by atoms with Crippen molar-refractivity contribution < 1.29 is 68.4 Å². The third-order valence-corrected chi connectivity index (χ3v) is 13.0. The molecule has 2 amide bonds. The number of hydrogen-bond donors (Lipinski definition) is 6. The van der Waals surface area contributed by atoms with Crippen LogP contribution in [0.5, 0.6) is 0 Å². The molecule has 6 aliphatic rings. The van der Waals surface area contributed by atoms with Gasteiger partial charge in [0.05, 0.1) is 26.4 Å². The predicted octanol–water partition coefficient (Wildman–Crippen LogP) is 1.06. The maximum absolute atomic E-state index is 15.3. The molecular formula is C43H63N3O14. The molecule has 1 aromatic carbocycles. The Morgan fingerprint density at radius 3 is 2.47 bits per heavy atom. The van der Waals surface area contributed by atoms with Crippen LogP contribution in [0.4, 0.5) is 0 Å². The van der Waals surface area contributed by atoms with E-state index < -0.39 is 91.0 Å². The summed E-state index contributed by atoms with van der Waals surface area (Å²) in [6, 6.07) is 5.58. The number of nitrogens with zero attached hydrogens (tertiary/aromatic N) is 2. The zero-order valence-corrected chi connectivity index (χ0v) is 34.6. The van der Waals surface area contributed by atoms with Gasteiger partial charge >= 0.3 is 5.97 Å². The number of nitrogens with one attached hydrogen (secondary N) is 1. The van der Waals surface area contributed by atoms with Gasteiger partial charge in [-0.05, 0) is 36.8 Å². The molecule has 17 nitrogen and oxygen atoms in total. The van der Waals surface area contributed by atoms with Crippen LogP contribution in [0.3, 0.4) is 0 Å². The summed E-state index contributed by atoms with van der Waals surface area (Å²) < 4.78 is 31.2. The van der Waals surface area contributed by atoms with Gasteiger partial charge in [-0.3, -0.25) is 19.2 Å². The molecule has 12 unspecified atom stereocenters. The first-order chi connectivity index (χ1) is 29.0. The Labute approximate surface area is 350 Å². The van der Waals surface area contributed by atoms with Gasteiger partial charge in [-0.1, -0.05) is 75.9 Å². The Bertz CT molecular complexity index is 1670. The average molecular weight is 846 g/mol. The van der Waals surface area contributed by atoms with Gasteiger partial charge in [0.1, 0.15) is 60.3 Å². The summed E-state index contributed by atoms with van der Waals surface area (Å²) >= 11 is 0. The highest BCUT2D eigenvalue weighted by molar-refractivity contribution is 5.96. The SMILES string of the molecule is CCCCCC1(CCCCC)OC2C3CC4(C(=O)N5CCCC5C(=O)NCCO)C(ON(Cc5cccc(C=CCOC6OC(CO)C(O)C(O)C6O)c5)C4C(=O)O3)C2O1. The minimum absolute atomic E-state index is 0.0257. The highest BCUT2D eigenvalue weighted by atomic mass is 16.8. The lowest BCUT2D eigenvalue weighted by atomic mass is 9.62. The average Bonchev–Trinajstić information content (AvgIpc) is 3.98. The Kier molecular flexibility index (Phi) is 14.6. The van der Waals surface area contributed by atoms with Gasteiger partial charge in [0.15, 0.2) is 18.1 Å². The molecule has 1 aliphatic carbocycles. The van der Waals surface area contributed by atoms with Crippen molar-refractivity contribution in [1.82, 2.24) is 15.3 Å². The third-order valence-electron chi connectivity index (χ3n) is 13.0. The van der Waals surface area contributed by atoms with E-state index in [1.807, 2.05) is 24.3 Å². The lowest BCUT2D eigenvalue weighted by Crippen LogP contribution is -2.70. The number of unbranched alkanes of at least 4 members (excludes halogenated alkanes) is 4. The number of amides is 2. The minimum Gasteiger partial charge on any atom is -0.458 e. The molecule has 6 fully saturated rings. The normalized spacial score (nSPS) is 35.8. The number of aliphatic hydroxyl groups is 5. The largest absolute Gasteiger partial charge is 0.458 e. The number of hydroxylamine groups is 2. The van der Waals surface area contributed by atoms with Crippen LogP contribution >= 0.6 is 0 Å². The molecule has 60 heavy (non-hydrogen) atoms. The van der Waals surface area contributed by atoms with Gasteiger partial charge in [-0.2, -0.15) is 5.06 Å². The third kappa shape index (κ3) is 8.78. The van der Waals surface area contributed by atoms with E-state index in [2.05, 4.69) is 19.2 Å². The van der Waals surface area contributed by atoms with Crippen LogP contribution in [0, 0.1) is 5.41 Å². The number of rotatable bonds is 19. The monoisotopic (exact) mass is 845 g/mol. The van der Waals surface area contributed by atoms with Crippen LogP contribution in [-0.2, 0) is 49.5 Å². The minimum atomic E-state index is -1.55. The second kappa shape index (κ2) is 19.5. The zero-order valence-electron chi connectivity index (χ0n) is 34.6. The van der Waals surface area contributed by atoms with E-state index in [0.717, 1.165) is 49.7 Å². The summed E-state index contributed by atoms with van der Waals surface area (Å²) in [7, 11) is 0. The van der Waals surface area contributed by atoms with E-state index in [9.17, 15) is 35.1 Å². The van der Waals surface area contributed by atoms with E-state index in [1.165, 1.54) is 0 Å². The Balaban J connectivity index is 1.15. The summed E-state index contributed by atoms with van der Waals surface area (Å²) in [5, 5.41) is 53.6. The summed E-state index contributed by atoms with van der Waals surface area (Å²) in [5.41, 5.74) is 0.0927. The quantitative estimate of drug-likeness (QED) is 0.0846. The molecule has 334 valence electrons. The fourth-order valence-corrected chi connectivity index (χ4v) is 10.0. The van der Waals surface area contributed by atoms with Gasteiger partial charge in [0, 0.05) is 32.4 Å². The molecule has 7 rings (SSSR count). The fraction of sp³-hybridized carbons (Fsp3) is 0.744. The van der Waals surface area contributed by atoms with Gasteiger partial charge in [0.2, 0.25) is 11.8 Å². The number of carbonyl (C=O) groups excluding carboxylic acids is 3. The van der Waals surface area contributed by atoms with Crippen molar-refractivity contribution in [2.24, 2.45) is 5.41 Å². The van der Waals surface area contributed by atoms with Crippen LogP contribution in [0.1, 0.15) is 95.6 Å². The van der Waals surface area contributed by atoms with E-state index in [-0.39, 0.29) is 44.5 Å². The van der Waals surface area contributed by atoms with E-state index >= 15 is 4.79 Å². The number of fused-ring (bicyclic) bond motifs is 4. The van der Waals surface area contributed by atoms with Crippen molar-refractivity contribution in [3.63, 3.8) is 0 Å². The van der Waals surface area contributed by atoms with Crippen molar-refractivity contribution in [2.75, 3.05) is 32.9 Å². The molecule has 6 N–H and O–H groups in total. The second-order valence-electron chi connectivity index (χ2n) is 17.1. The fourth-order valence-electron chi connectivity index (χ4n) is 10.0. The molecule has 17 heteroatoms. The summed E-state index contributed by atoms with van der Waals surface area (Å²) in [6.45, 7) is 3.96. The molecule has 5 heterocycles. The molecule has 1 aromatic rings. The van der Waals surface area contributed by atoms with Crippen molar-refractivity contribution in [3.8, 4) is 0 Å². The summed E-state index contributed by atoms with van der Waals surface area (Å²) in [6.07, 6.45) is 1.85. The van der Waals surface area contributed by atoms with E-state index in [0.29, 0.717) is 32.2 Å². The van der Waals surface area contributed by atoms with Gasteiger partial charge in [-0.25, -0.2) is 0 Å². The Morgan fingerprint density at radius 1 is 1.00 bits per heavy atom. The van der Waals surface area contributed by atoms with Crippen LogP contribution in [0.2, 0.25) is 0 Å². The lowest BCUT2D eigenvalue weighted by molar-refractivity contribution is -0.298. The molecule has 1 saturated carbocycles. The summed E-state index contributed by atoms with van der Waals surface area (Å²) in [4.78, 5) is 51.5. The standard InChI is InChI=1S/C43H63N3O14/c1-3-5-7-16-42(17-8-6-4-2)58-34-29-23-43(41(54)45-19-10-15-28(45)38(52)44-18-20-47)36(39(53)56-29)46(60-37(43)35(34)59-42)24-27-13-9-12-26(22-27)14-11-21-55-40-33(51)32(50)31(49)30(25-48)57-40/h9,11-14,22,28-37,40,47-51H,3-8,10,15-21,23-25H2,1-2H3,(H,44,52). The molecule has 12 atom stereocenters. The number of esters is 1. The first kappa shape index (κ1) is 45.0. The predicted molar refractivity (Wildman–Crippen MR) is 212 cm³/mol. The van der Waals surface area contributed by atoms with Gasteiger partial charge in [-0.15, -0.1) is 0 Å². The topological polar surface area (TPSA) is 226 Å². The first-order valence-electron chi connectivity index (χ1n) is 21.9. The van der Waals surface area contributed by atoms with E-state index in [4.69, 9.17) is 28.5 Å². The lowest BCUT2D eigenvalue weighted by Gasteiger charge is -2.50. The molecule has 5 aliphatic heterocycles. The Hall–Kier alpha value is -3.07. The van der Waals surface area contributed by atoms with Crippen LogP contribution in [0.25, 0.3) is 6.08 Å². The van der Waals surface area contributed by atoms with Crippen molar-refractivity contribution in [3.05, 3.63) is 41.5 Å². The van der Waals surface area contributed by atoms with Crippen LogP contribution < -0.4 is 5.32 Å². The number of ether oxygens (including phenoxy) is 5. The number of likely N-dealkylation sites (tertiary alicyclic amines) is 1. The number of hydrogen-bond acceptors (Lipinski definition) is 15. The molecule has 2 bridgehead atoms. The molecule has 0 spiro atoms. The van der Waals surface area contributed by atoms with E-state index in [1.54, 1.807) is 22.1 Å². The number of aliphatic hydroxyl groups excluding tert-OH is 5. The molecule has 5 saturated heterocycles. The maximum Gasteiger partial charge on any atom is 0.327 e. The van der Waals surface area contributed by atoms with Gasteiger partial charge < -0.3 is 59.4 Å². The summed E-state index contributed by atoms with van der Waals surface area (Å²) in [5.74, 6) is -2.22. The molecule has 0 aromatic heterocycles. The zero-order chi connectivity index (χ0) is 42.6. The van der Waals surface area contributed by atoms with Crippen molar-refractivity contribution in [2.45, 2.75) is 164 Å². The highest BCUT2D eigenvalue weighted by Gasteiger charge is 2.77. The number of carbonyl (C=O) groups is 3. The second-order valence-corrected chi connectivity index (χ2v) is 17.1. The van der Waals surface area contributed by atoms with Crippen LogP contribution in [0.15, 0.2) is 30.3 Å². The highest BCUT2D eigenvalue weighted by Crippen LogP contribution is 2.59.